The van der Waals surface area contributed by atoms with Crippen LogP contribution in [0.2, 0.25) is 0 Å². The molecule has 2 heterocycles. The third-order valence-electron chi connectivity index (χ3n) is 6.12. The summed E-state index contributed by atoms with van der Waals surface area (Å²) >= 11 is 0. The number of H-pyrrole nitrogens is 1. The van der Waals surface area contributed by atoms with Gasteiger partial charge in [-0.25, -0.2) is 4.39 Å². The second kappa shape index (κ2) is 9.98. The highest BCUT2D eigenvalue weighted by atomic mass is 19.1. The van der Waals surface area contributed by atoms with E-state index in [4.69, 9.17) is 0 Å². The van der Waals surface area contributed by atoms with Gasteiger partial charge in [0.15, 0.2) is 0 Å². The number of nitrogens with zero attached hydrogens (tertiary/aromatic N) is 3. The highest BCUT2D eigenvalue weighted by Crippen LogP contribution is 2.23. The SMILES string of the molecule is Cc1ccc(CN2CC(C(=O)N(C)CCCc3cc(-c4cccc(F)c4)n[nH]3)CC2=O)cc1. The van der Waals surface area contributed by atoms with Crippen molar-refractivity contribution in [1.82, 2.24) is 20.0 Å². The fourth-order valence-corrected chi connectivity index (χ4v) is 4.22. The molecular formula is C26H29FN4O2. The highest BCUT2D eigenvalue weighted by molar-refractivity contribution is 5.89. The predicted octanol–water partition coefficient (Wildman–Crippen LogP) is 3.96. The molecule has 1 aromatic heterocycles. The molecule has 1 N–H and O–H groups in total. The van der Waals surface area contributed by atoms with Crippen molar-refractivity contribution in [3.63, 3.8) is 0 Å². The van der Waals surface area contributed by atoms with Crippen molar-refractivity contribution in [2.24, 2.45) is 5.92 Å². The second-order valence-corrected chi connectivity index (χ2v) is 8.81. The lowest BCUT2D eigenvalue weighted by Crippen LogP contribution is -2.35. The number of carbonyl (C=O) groups is 2. The van der Waals surface area contributed by atoms with E-state index in [1.165, 1.54) is 17.7 Å². The summed E-state index contributed by atoms with van der Waals surface area (Å²) < 4.78 is 13.4. The summed E-state index contributed by atoms with van der Waals surface area (Å²) in [5, 5.41) is 7.26. The van der Waals surface area contributed by atoms with Crippen molar-refractivity contribution in [3.8, 4) is 11.3 Å². The summed E-state index contributed by atoms with van der Waals surface area (Å²) in [6, 6.07) is 16.4. The van der Waals surface area contributed by atoms with Crippen LogP contribution in [0.15, 0.2) is 54.6 Å². The Bertz CT molecular complexity index is 1130. The molecule has 2 amide bonds. The number of rotatable bonds is 8. The molecule has 1 atom stereocenters. The first kappa shape index (κ1) is 22.7. The number of aromatic amines is 1. The minimum atomic E-state index is -0.292. The van der Waals surface area contributed by atoms with Crippen molar-refractivity contribution in [3.05, 3.63) is 77.2 Å². The number of likely N-dealkylation sites (tertiary alicyclic amines) is 1. The number of halogens is 1. The van der Waals surface area contributed by atoms with Crippen LogP contribution in [0.5, 0.6) is 0 Å². The lowest BCUT2D eigenvalue weighted by atomic mass is 10.1. The molecule has 3 aromatic rings. The van der Waals surface area contributed by atoms with Crippen LogP contribution in [0, 0.1) is 18.7 Å². The molecule has 6 nitrogen and oxygen atoms in total. The smallest absolute Gasteiger partial charge is 0.227 e. The van der Waals surface area contributed by atoms with E-state index in [-0.39, 0.29) is 30.0 Å². The molecule has 33 heavy (non-hydrogen) atoms. The van der Waals surface area contributed by atoms with E-state index in [0.29, 0.717) is 25.3 Å². The number of hydrogen-bond donors (Lipinski definition) is 1. The van der Waals surface area contributed by atoms with E-state index in [1.54, 1.807) is 22.9 Å². The maximum absolute atomic E-state index is 13.4. The minimum absolute atomic E-state index is 0.0137. The molecule has 1 aliphatic rings. The molecule has 0 spiro atoms. The van der Waals surface area contributed by atoms with Gasteiger partial charge < -0.3 is 9.80 Å². The van der Waals surface area contributed by atoms with Gasteiger partial charge in [-0.05, 0) is 43.5 Å². The third-order valence-corrected chi connectivity index (χ3v) is 6.12. The Kier molecular flexibility index (Phi) is 6.87. The zero-order chi connectivity index (χ0) is 23.4. The number of benzene rings is 2. The molecule has 4 rings (SSSR count). The largest absolute Gasteiger partial charge is 0.345 e. The molecule has 0 aliphatic carbocycles. The Balaban J connectivity index is 1.25. The standard InChI is InChI=1S/C26H29FN4O2/c1-18-8-10-19(11-9-18)16-31-17-21(14-25(31)32)26(33)30(2)12-4-7-23-15-24(29-28-23)20-5-3-6-22(27)13-20/h3,5-6,8-11,13,15,21H,4,7,12,14,16-17H2,1-2H3,(H,28,29). The summed E-state index contributed by atoms with van der Waals surface area (Å²) in [4.78, 5) is 28.8. The van der Waals surface area contributed by atoms with Crippen LogP contribution >= 0.6 is 0 Å². The Morgan fingerprint density at radius 2 is 2.00 bits per heavy atom. The summed E-state index contributed by atoms with van der Waals surface area (Å²) in [6.07, 6.45) is 1.76. The number of nitrogens with one attached hydrogen (secondary N) is 1. The van der Waals surface area contributed by atoms with Crippen LogP contribution in [0.1, 0.15) is 29.7 Å². The van der Waals surface area contributed by atoms with Crippen LogP contribution < -0.4 is 0 Å². The topological polar surface area (TPSA) is 69.3 Å². The van der Waals surface area contributed by atoms with Crippen molar-refractivity contribution >= 4 is 11.8 Å². The van der Waals surface area contributed by atoms with E-state index < -0.39 is 0 Å². The van der Waals surface area contributed by atoms with Gasteiger partial charge in [0, 0.05) is 44.4 Å². The van der Waals surface area contributed by atoms with E-state index in [0.717, 1.165) is 29.7 Å². The average molecular weight is 449 g/mol. The first-order chi connectivity index (χ1) is 15.9. The molecule has 172 valence electrons. The Hall–Kier alpha value is -3.48. The van der Waals surface area contributed by atoms with Crippen LogP contribution in [-0.2, 0) is 22.6 Å². The lowest BCUT2D eigenvalue weighted by Gasteiger charge is -2.21. The van der Waals surface area contributed by atoms with Gasteiger partial charge in [-0.1, -0.05) is 42.0 Å². The number of amides is 2. The first-order valence-electron chi connectivity index (χ1n) is 11.3. The van der Waals surface area contributed by atoms with Gasteiger partial charge in [0.05, 0.1) is 11.6 Å². The summed E-state index contributed by atoms with van der Waals surface area (Å²) in [7, 11) is 1.79. The minimum Gasteiger partial charge on any atom is -0.345 e. The van der Waals surface area contributed by atoms with Crippen molar-refractivity contribution in [2.45, 2.75) is 32.7 Å². The van der Waals surface area contributed by atoms with E-state index in [2.05, 4.69) is 10.2 Å². The van der Waals surface area contributed by atoms with Gasteiger partial charge in [-0.15, -0.1) is 0 Å². The predicted molar refractivity (Wildman–Crippen MR) is 125 cm³/mol. The van der Waals surface area contributed by atoms with Crippen molar-refractivity contribution in [2.75, 3.05) is 20.1 Å². The fourth-order valence-electron chi connectivity index (χ4n) is 4.22. The van der Waals surface area contributed by atoms with Gasteiger partial charge in [-0.3, -0.25) is 14.7 Å². The van der Waals surface area contributed by atoms with E-state index in [9.17, 15) is 14.0 Å². The van der Waals surface area contributed by atoms with Gasteiger partial charge >= 0.3 is 0 Å². The number of carbonyl (C=O) groups excluding carboxylic acids is 2. The van der Waals surface area contributed by atoms with Crippen molar-refractivity contribution < 1.29 is 14.0 Å². The normalized spacial score (nSPS) is 15.8. The molecule has 0 bridgehead atoms. The highest BCUT2D eigenvalue weighted by Gasteiger charge is 2.35. The molecule has 0 saturated carbocycles. The first-order valence-corrected chi connectivity index (χ1v) is 11.3. The molecule has 7 heteroatoms. The maximum Gasteiger partial charge on any atom is 0.227 e. The van der Waals surface area contributed by atoms with Gasteiger partial charge in [0.2, 0.25) is 11.8 Å². The average Bonchev–Trinajstić information content (AvgIpc) is 3.42. The van der Waals surface area contributed by atoms with Crippen LogP contribution in [0.4, 0.5) is 4.39 Å². The Morgan fingerprint density at radius 1 is 1.21 bits per heavy atom. The monoisotopic (exact) mass is 448 g/mol. The molecule has 1 fully saturated rings. The molecule has 1 aliphatic heterocycles. The van der Waals surface area contributed by atoms with Crippen LogP contribution in [0.25, 0.3) is 11.3 Å². The quantitative estimate of drug-likeness (QED) is 0.567. The second-order valence-electron chi connectivity index (χ2n) is 8.81. The van der Waals surface area contributed by atoms with Crippen molar-refractivity contribution in [1.29, 1.82) is 0 Å². The van der Waals surface area contributed by atoms with Crippen LogP contribution in [-0.4, -0.2) is 51.9 Å². The summed E-state index contributed by atoms with van der Waals surface area (Å²) in [6.45, 7) is 3.63. The molecule has 2 aromatic carbocycles. The van der Waals surface area contributed by atoms with Gasteiger partial charge in [0.1, 0.15) is 5.82 Å². The number of aromatic nitrogens is 2. The van der Waals surface area contributed by atoms with Crippen LogP contribution in [0.3, 0.4) is 0 Å². The summed E-state index contributed by atoms with van der Waals surface area (Å²) in [5.41, 5.74) is 4.63. The number of hydrogen-bond acceptors (Lipinski definition) is 3. The lowest BCUT2D eigenvalue weighted by molar-refractivity contribution is -0.134. The van der Waals surface area contributed by atoms with E-state index in [1.807, 2.05) is 43.3 Å². The number of aryl methyl sites for hydroxylation is 2. The maximum atomic E-state index is 13.4. The third kappa shape index (κ3) is 5.66. The fraction of sp³-hybridized carbons (Fsp3) is 0.346. The zero-order valence-corrected chi connectivity index (χ0v) is 19.1. The Morgan fingerprint density at radius 3 is 2.76 bits per heavy atom. The van der Waals surface area contributed by atoms with E-state index >= 15 is 0 Å². The molecule has 1 unspecified atom stereocenters. The van der Waals surface area contributed by atoms with Gasteiger partial charge in [0.25, 0.3) is 0 Å². The molecule has 1 saturated heterocycles. The zero-order valence-electron chi connectivity index (χ0n) is 19.1. The summed E-state index contributed by atoms with van der Waals surface area (Å²) in [5.74, 6) is -0.538. The molecule has 0 radical (unpaired) electrons. The molecular weight excluding hydrogens is 419 g/mol. The van der Waals surface area contributed by atoms with Gasteiger partial charge in [-0.2, -0.15) is 5.10 Å². The Labute approximate surface area is 193 Å².